The summed E-state index contributed by atoms with van der Waals surface area (Å²) in [4.78, 5) is 7.65. The number of nitrogens with zero attached hydrogens (tertiary/aromatic N) is 3. The largest absolute Gasteiger partial charge is 0.306 e. The maximum absolute atomic E-state index is 13.5. The molecule has 2 rings (SSSR count). The monoisotopic (exact) mass is 225 g/mol. The number of hydrogen-bond acceptors (Lipinski definition) is 4. The molecule has 0 amide bonds. The van der Waals surface area contributed by atoms with E-state index >= 15 is 0 Å². The number of hydrazine groups is 1. The Kier molecular flexibility index (Phi) is 2.53. The number of pyridine rings is 1. The lowest BCUT2D eigenvalue weighted by atomic mass is 10.4. The van der Waals surface area contributed by atoms with Gasteiger partial charge in [-0.15, -0.1) is 0 Å². The highest BCUT2D eigenvalue weighted by atomic mass is 19.1. The van der Waals surface area contributed by atoms with E-state index in [9.17, 15) is 8.78 Å². The first-order valence-corrected chi connectivity index (χ1v) is 4.46. The van der Waals surface area contributed by atoms with Crippen LogP contribution in [0.3, 0.4) is 0 Å². The van der Waals surface area contributed by atoms with Crippen LogP contribution >= 0.6 is 0 Å². The number of hydrogen-bond donors (Lipinski definition) is 2. The Bertz CT molecular complexity index is 523. The van der Waals surface area contributed by atoms with Crippen molar-refractivity contribution in [3.8, 4) is 5.82 Å². The van der Waals surface area contributed by atoms with Crippen molar-refractivity contribution < 1.29 is 8.78 Å². The minimum Gasteiger partial charge on any atom is -0.306 e. The summed E-state index contributed by atoms with van der Waals surface area (Å²) in [6, 6.07) is 0.719. The smallest absolute Gasteiger partial charge is 0.178 e. The van der Waals surface area contributed by atoms with Crippen LogP contribution in [-0.2, 0) is 0 Å². The van der Waals surface area contributed by atoms with Gasteiger partial charge in [0.25, 0.3) is 0 Å². The van der Waals surface area contributed by atoms with Gasteiger partial charge < -0.3 is 5.43 Å². The van der Waals surface area contributed by atoms with Crippen LogP contribution in [0.1, 0.15) is 5.82 Å². The fourth-order valence-corrected chi connectivity index (χ4v) is 1.33. The van der Waals surface area contributed by atoms with Gasteiger partial charge in [0, 0.05) is 18.5 Å². The van der Waals surface area contributed by atoms with Gasteiger partial charge in [0.15, 0.2) is 23.3 Å². The van der Waals surface area contributed by atoms with Crippen molar-refractivity contribution in [1.29, 1.82) is 0 Å². The molecule has 0 aliphatic carbocycles. The van der Waals surface area contributed by atoms with Crippen molar-refractivity contribution in [3.05, 3.63) is 35.9 Å². The first-order valence-electron chi connectivity index (χ1n) is 4.46. The number of nitrogens with one attached hydrogen (secondary N) is 1. The van der Waals surface area contributed by atoms with E-state index in [2.05, 4.69) is 15.4 Å². The molecular weight excluding hydrogens is 216 g/mol. The molecule has 2 aromatic rings. The first-order chi connectivity index (χ1) is 7.63. The summed E-state index contributed by atoms with van der Waals surface area (Å²) in [5, 5.41) is 0. The summed E-state index contributed by atoms with van der Waals surface area (Å²) >= 11 is 0. The SMILES string of the molecule is Cc1nccn1-c1nc(NN)c(F)cc1F. The summed E-state index contributed by atoms with van der Waals surface area (Å²) in [5.74, 6) is 3.71. The third-order valence-corrected chi connectivity index (χ3v) is 2.10. The van der Waals surface area contributed by atoms with Crippen molar-refractivity contribution >= 4 is 5.82 Å². The van der Waals surface area contributed by atoms with Crippen LogP contribution in [0.15, 0.2) is 18.5 Å². The molecule has 0 aliphatic heterocycles. The molecule has 0 atom stereocenters. The molecule has 0 saturated carbocycles. The Hall–Kier alpha value is -2.02. The Balaban J connectivity index is 2.61. The second-order valence-corrected chi connectivity index (χ2v) is 3.11. The predicted molar refractivity (Wildman–Crippen MR) is 53.8 cm³/mol. The lowest BCUT2D eigenvalue weighted by Gasteiger charge is -2.08. The highest BCUT2D eigenvalue weighted by Gasteiger charge is 2.13. The molecule has 0 spiro atoms. The standard InChI is InChI=1S/C9H9F2N5/c1-5-13-2-3-16(5)9-7(11)4-6(10)8(14-9)15-12/h2-4H,12H2,1H3,(H,14,15). The number of aryl methyl sites for hydroxylation is 1. The third-order valence-electron chi connectivity index (χ3n) is 2.10. The highest BCUT2D eigenvalue weighted by molar-refractivity contribution is 5.41. The normalized spacial score (nSPS) is 10.5. The maximum Gasteiger partial charge on any atom is 0.178 e. The van der Waals surface area contributed by atoms with E-state index in [0.717, 1.165) is 6.07 Å². The number of aromatic nitrogens is 3. The van der Waals surface area contributed by atoms with Gasteiger partial charge in [0.05, 0.1) is 0 Å². The Morgan fingerprint density at radius 1 is 1.38 bits per heavy atom. The van der Waals surface area contributed by atoms with Crippen LogP contribution in [0.25, 0.3) is 5.82 Å². The number of imidazole rings is 1. The number of anilines is 1. The average molecular weight is 225 g/mol. The lowest BCUT2D eigenvalue weighted by molar-refractivity contribution is 0.567. The molecule has 2 aromatic heterocycles. The van der Waals surface area contributed by atoms with E-state index in [-0.39, 0.29) is 11.6 Å². The first kappa shape index (κ1) is 10.5. The van der Waals surface area contributed by atoms with Gasteiger partial charge >= 0.3 is 0 Å². The molecule has 3 N–H and O–H groups in total. The van der Waals surface area contributed by atoms with Crippen molar-refractivity contribution in [1.82, 2.24) is 14.5 Å². The molecule has 0 bridgehead atoms. The fourth-order valence-electron chi connectivity index (χ4n) is 1.33. The molecule has 0 aromatic carbocycles. The van der Waals surface area contributed by atoms with Crippen LogP contribution in [0.5, 0.6) is 0 Å². The second-order valence-electron chi connectivity index (χ2n) is 3.11. The number of nitrogen functional groups attached to an aromatic ring is 1. The summed E-state index contributed by atoms with van der Waals surface area (Å²) in [6.45, 7) is 1.68. The zero-order chi connectivity index (χ0) is 11.7. The average Bonchev–Trinajstić information content (AvgIpc) is 2.65. The van der Waals surface area contributed by atoms with E-state index in [1.54, 1.807) is 6.92 Å². The Labute approximate surface area is 89.9 Å². The van der Waals surface area contributed by atoms with Crippen molar-refractivity contribution in [2.75, 3.05) is 5.43 Å². The molecular formula is C9H9F2N5. The zero-order valence-electron chi connectivity index (χ0n) is 8.41. The predicted octanol–water partition coefficient (Wildman–Crippen LogP) is 1.14. The van der Waals surface area contributed by atoms with Gasteiger partial charge in [-0.2, -0.15) is 0 Å². The highest BCUT2D eigenvalue weighted by Crippen LogP contribution is 2.18. The van der Waals surface area contributed by atoms with E-state index < -0.39 is 11.6 Å². The molecule has 0 saturated heterocycles. The minimum atomic E-state index is -0.846. The van der Waals surface area contributed by atoms with E-state index in [4.69, 9.17) is 5.84 Å². The summed E-state index contributed by atoms with van der Waals surface area (Å²) in [7, 11) is 0. The quantitative estimate of drug-likeness (QED) is 0.594. The molecule has 0 aliphatic rings. The number of halogens is 2. The number of nitrogens with two attached hydrogens (primary N) is 1. The molecule has 0 unspecified atom stereocenters. The lowest BCUT2D eigenvalue weighted by Crippen LogP contribution is -2.13. The fraction of sp³-hybridized carbons (Fsp3) is 0.111. The van der Waals surface area contributed by atoms with Crippen molar-refractivity contribution in [3.63, 3.8) is 0 Å². The van der Waals surface area contributed by atoms with Crippen LogP contribution in [0.2, 0.25) is 0 Å². The minimum absolute atomic E-state index is 0.0515. The van der Waals surface area contributed by atoms with E-state index in [0.29, 0.717) is 5.82 Å². The second kappa shape index (κ2) is 3.86. The van der Waals surface area contributed by atoms with Crippen LogP contribution in [-0.4, -0.2) is 14.5 Å². The molecule has 5 nitrogen and oxygen atoms in total. The molecule has 0 radical (unpaired) electrons. The Morgan fingerprint density at radius 2 is 2.12 bits per heavy atom. The van der Waals surface area contributed by atoms with Crippen molar-refractivity contribution in [2.45, 2.75) is 6.92 Å². The van der Waals surface area contributed by atoms with Gasteiger partial charge in [-0.1, -0.05) is 0 Å². The van der Waals surface area contributed by atoms with Gasteiger partial charge in [-0.3, -0.25) is 4.57 Å². The molecule has 16 heavy (non-hydrogen) atoms. The molecule has 0 fully saturated rings. The topological polar surface area (TPSA) is 68.8 Å². The number of rotatable bonds is 2. The van der Waals surface area contributed by atoms with Gasteiger partial charge in [0.2, 0.25) is 0 Å². The van der Waals surface area contributed by atoms with E-state index in [1.807, 2.05) is 0 Å². The maximum atomic E-state index is 13.5. The van der Waals surface area contributed by atoms with Crippen LogP contribution in [0, 0.1) is 18.6 Å². The summed E-state index contributed by atoms with van der Waals surface area (Å²) in [5.41, 5.74) is 2.06. The van der Waals surface area contributed by atoms with Crippen LogP contribution in [0.4, 0.5) is 14.6 Å². The van der Waals surface area contributed by atoms with Gasteiger partial charge in [0.1, 0.15) is 5.82 Å². The summed E-state index contributed by atoms with van der Waals surface area (Å²) < 4.78 is 28.0. The molecule has 84 valence electrons. The van der Waals surface area contributed by atoms with Crippen LogP contribution < -0.4 is 11.3 Å². The van der Waals surface area contributed by atoms with E-state index in [1.165, 1.54) is 17.0 Å². The van der Waals surface area contributed by atoms with Gasteiger partial charge in [-0.05, 0) is 6.92 Å². The zero-order valence-corrected chi connectivity index (χ0v) is 8.41. The van der Waals surface area contributed by atoms with Crippen molar-refractivity contribution in [2.24, 2.45) is 5.84 Å². The Morgan fingerprint density at radius 3 is 2.69 bits per heavy atom. The van der Waals surface area contributed by atoms with Gasteiger partial charge in [-0.25, -0.2) is 24.6 Å². The molecule has 2 heterocycles. The summed E-state index contributed by atoms with van der Waals surface area (Å²) in [6.07, 6.45) is 3.02. The third kappa shape index (κ3) is 1.61. The molecule has 7 heteroatoms.